The fraction of sp³-hybridized carbons (Fsp3) is 0.0435. The predicted molar refractivity (Wildman–Crippen MR) is 109 cm³/mol. The number of carbonyl (C=O) groups excluding carboxylic acids is 2. The molecule has 0 unspecified atom stereocenters. The van der Waals surface area contributed by atoms with Gasteiger partial charge in [-0.15, -0.1) is 0 Å². The van der Waals surface area contributed by atoms with Crippen LogP contribution in [0.1, 0.15) is 5.56 Å². The number of halogens is 2. The summed E-state index contributed by atoms with van der Waals surface area (Å²) < 4.78 is 32.0. The summed E-state index contributed by atoms with van der Waals surface area (Å²) in [6.45, 7) is 0. The van der Waals surface area contributed by atoms with Gasteiger partial charge in [0.1, 0.15) is 23.1 Å². The van der Waals surface area contributed by atoms with Gasteiger partial charge in [-0.1, -0.05) is 18.2 Å². The molecule has 0 saturated carbocycles. The van der Waals surface area contributed by atoms with Crippen molar-refractivity contribution in [3.63, 3.8) is 0 Å². The summed E-state index contributed by atoms with van der Waals surface area (Å²) in [7, 11) is 1.46. The molecule has 1 N–H and O–H groups in total. The highest BCUT2D eigenvalue weighted by Gasteiger charge is 2.41. The molecule has 5 nitrogen and oxygen atoms in total. The minimum Gasteiger partial charge on any atom is -0.496 e. The van der Waals surface area contributed by atoms with Crippen molar-refractivity contribution in [2.45, 2.75) is 0 Å². The molecule has 0 aromatic heterocycles. The summed E-state index contributed by atoms with van der Waals surface area (Å²) in [5.74, 6) is -1.70. The summed E-state index contributed by atoms with van der Waals surface area (Å²) in [4.78, 5) is 27.5. The summed E-state index contributed by atoms with van der Waals surface area (Å²) in [6, 6.07) is 17.3. The summed E-state index contributed by atoms with van der Waals surface area (Å²) in [5.41, 5.74) is 1.20. The number of nitrogens with zero attached hydrogens (tertiary/aromatic N) is 1. The van der Waals surface area contributed by atoms with Crippen LogP contribution in [0, 0.1) is 11.6 Å². The minimum atomic E-state index is -0.614. The third-order valence-electron chi connectivity index (χ3n) is 4.66. The van der Waals surface area contributed by atoms with E-state index in [0.717, 1.165) is 4.90 Å². The Balaban J connectivity index is 1.85. The van der Waals surface area contributed by atoms with Crippen LogP contribution in [-0.4, -0.2) is 18.9 Å². The van der Waals surface area contributed by atoms with Crippen molar-refractivity contribution in [1.82, 2.24) is 0 Å². The monoisotopic (exact) mass is 406 g/mol. The zero-order valence-corrected chi connectivity index (χ0v) is 15.9. The van der Waals surface area contributed by atoms with E-state index in [9.17, 15) is 18.4 Å². The van der Waals surface area contributed by atoms with Crippen LogP contribution in [0.2, 0.25) is 0 Å². The van der Waals surface area contributed by atoms with Gasteiger partial charge in [-0.2, -0.15) is 0 Å². The molecule has 3 aromatic carbocycles. The van der Waals surface area contributed by atoms with Gasteiger partial charge < -0.3 is 10.1 Å². The van der Waals surface area contributed by atoms with Crippen molar-refractivity contribution in [2.24, 2.45) is 0 Å². The first-order valence-electron chi connectivity index (χ1n) is 9.04. The molecule has 0 saturated heterocycles. The molecule has 7 heteroatoms. The lowest BCUT2D eigenvalue weighted by molar-refractivity contribution is -0.120. The molecule has 0 fully saturated rings. The first kappa shape index (κ1) is 19.3. The maximum atomic E-state index is 13.3. The molecular weight excluding hydrogens is 390 g/mol. The molecule has 0 aliphatic carbocycles. The quantitative estimate of drug-likeness (QED) is 0.640. The SMILES string of the molecule is COc1ccccc1C1=C(Nc2ccc(F)cc2)C(=O)N(c2ccc(F)cc2)C1=O. The number of hydrogen-bond donors (Lipinski definition) is 1. The van der Waals surface area contributed by atoms with E-state index in [1.807, 2.05) is 0 Å². The lowest BCUT2D eigenvalue weighted by Gasteiger charge is -2.15. The zero-order valence-electron chi connectivity index (χ0n) is 15.9. The van der Waals surface area contributed by atoms with E-state index in [0.29, 0.717) is 17.0 Å². The molecule has 0 bridgehead atoms. The van der Waals surface area contributed by atoms with Crippen LogP contribution < -0.4 is 15.0 Å². The first-order valence-corrected chi connectivity index (χ1v) is 9.04. The van der Waals surface area contributed by atoms with Gasteiger partial charge in [0.2, 0.25) is 0 Å². The standard InChI is InChI=1S/C23H16F2N2O3/c1-30-19-5-3-2-4-18(19)20-21(26-16-10-6-14(24)7-11-16)23(29)27(22(20)28)17-12-8-15(25)9-13-17/h2-13,26H,1H3. The number of hydrogen-bond acceptors (Lipinski definition) is 4. The fourth-order valence-electron chi connectivity index (χ4n) is 3.25. The van der Waals surface area contributed by atoms with Gasteiger partial charge in [0, 0.05) is 11.3 Å². The van der Waals surface area contributed by atoms with Crippen LogP contribution in [0.25, 0.3) is 5.57 Å². The third-order valence-corrected chi connectivity index (χ3v) is 4.66. The topological polar surface area (TPSA) is 58.6 Å². The highest BCUT2D eigenvalue weighted by atomic mass is 19.1. The molecule has 1 aliphatic heterocycles. The van der Waals surface area contributed by atoms with Crippen LogP contribution in [0.15, 0.2) is 78.5 Å². The number of nitrogens with one attached hydrogen (secondary N) is 1. The van der Waals surface area contributed by atoms with E-state index in [-0.39, 0.29) is 17.0 Å². The minimum absolute atomic E-state index is 0.0143. The van der Waals surface area contributed by atoms with Crippen molar-refractivity contribution in [1.29, 1.82) is 0 Å². The van der Waals surface area contributed by atoms with E-state index >= 15 is 0 Å². The highest BCUT2D eigenvalue weighted by molar-refractivity contribution is 6.46. The predicted octanol–water partition coefficient (Wildman–Crippen LogP) is 4.37. The van der Waals surface area contributed by atoms with E-state index in [1.54, 1.807) is 24.3 Å². The number of ether oxygens (including phenoxy) is 1. The molecule has 1 heterocycles. The Hall–Kier alpha value is -4.00. The number of carbonyl (C=O) groups is 2. The van der Waals surface area contributed by atoms with Crippen molar-refractivity contribution in [3.05, 3.63) is 95.7 Å². The van der Waals surface area contributed by atoms with E-state index in [4.69, 9.17) is 4.74 Å². The Morgan fingerprint density at radius 2 is 1.40 bits per heavy atom. The number of methoxy groups -OCH3 is 1. The van der Waals surface area contributed by atoms with Crippen molar-refractivity contribution >= 4 is 28.8 Å². The molecule has 2 amide bonds. The summed E-state index contributed by atoms with van der Waals surface area (Å²) >= 11 is 0. The molecule has 30 heavy (non-hydrogen) atoms. The van der Waals surface area contributed by atoms with Gasteiger partial charge in [-0.05, 0) is 54.6 Å². The number of rotatable bonds is 5. The normalized spacial score (nSPS) is 13.8. The average Bonchev–Trinajstić information content (AvgIpc) is 3.00. The molecule has 150 valence electrons. The molecule has 4 rings (SSSR count). The molecule has 0 atom stereocenters. The van der Waals surface area contributed by atoms with Gasteiger partial charge in [-0.25, -0.2) is 13.7 Å². The number of benzene rings is 3. The Morgan fingerprint density at radius 3 is 2.03 bits per heavy atom. The van der Waals surface area contributed by atoms with Crippen LogP contribution in [0.3, 0.4) is 0 Å². The summed E-state index contributed by atoms with van der Waals surface area (Å²) in [5, 5.41) is 2.93. The second kappa shape index (κ2) is 7.79. The molecule has 0 spiro atoms. The van der Waals surface area contributed by atoms with Crippen LogP contribution in [-0.2, 0) is 9.59 Å². The van der Waals surface area contributed by atoms with Crippen molar-refractivity contribution < 1.29 is 23.1 Å². The Bertz CT molecular complexity index is 1160. The Labute approximate surface area is 171 Å². The van der Waals surface area contributed by atoms with Crippen LogP contribution in [0.4, 0.5) is 20.2 Å². The zero-order chi connectivity index (χ0) is 21.3. The lowest BCUT2D eigenvalue weighted by Crippen LogP contribution is -2.32. The van der Waals surface area contributed by atoms with Gasteiger partial charge in [0.05, 0.1) is 18.4 Å². The fourth-order valence-corrected chi connectivity index (χ4v) is 3.25. The maximum absolute atomic E-state index is 13.3. The number of imide groups is 1. The molecular formula is C23H16F2N2O3. The molecule has 0 radical (unpaired) electrons. The highest BCUT2D eigenvalue weighted by Crippen LogP contribution is 2.37. The maximum Gasteiger partial charge on any atom is 0.282 e. The number of anilines is 2. The third kappa shape index (κ3) is 3.41. The summed E-state index contributed by atoms with van der Waals surface area (Å²) in [6.07, 6.45) is 0. The first-order chi connectivity index (χ1) is 14.5. The van der Waals surface area contributed by atoms with Gasteiger partial charge in [-0.3, -0.25) is 9.59 Å². The van der Waals surface area contributed by atoms with Crippen LogP contribution in [0.5, 0.6) is 5.75 Å². The van der Waals surface area contributed by atoms with Crippen molar-refractivity contribution in [3.8, 4) is 5.75 Å². The Morgan fingerprint density at radius 1 is 0.800 bits per heavy atom. The smallest absolute Gasteiger partial charge is 0.282 e. The number of para-hydroxylation sites is 1. The lowest BCUT2D eigenvalue weighted by atomic mass is 10.0. The second-order valence-corrected chi connectivity index (χ2v) is 6.50. The van der Waals surface area contributed by atoms with E-state index in [1.165, 1.54) is 55.6 Å². The Kier molecular flexibility index (Phi) is 5.02. The van der Waals surface area contributed by atoms with Crippen LogP contribution >= 0.6 is 0 Å². The molecule has 3 aromatic rings. The van der Waals surface area contributed by atoms with E-state index < -0.39 is 23.4 Å². The van der Waals surface area contributed by atoms with Gasteiger partial charge in [0.15, 0.2) is 0 Å². The second-order valence-electron chi connectivity index (χ2n) is 6.50. The van der Waals surface area contributed by atoms with Gasteiger partial charge >= 0.3 is 0 Å². The molecule has 1 aliphatic rings. The largest absolute Gasteiger partial charge is 0.496 e. The van der Waals surface area contributed by atoms with E-state index in [2.05, 4.69) is 5.32 Å². The number of amides is 2. The average molecular weight is 406 g/mol. The van der Waals surface area contributed by atoms with Gasteiger partial charge in [0.25, 0.3) is 11.8 Å². The van der Waals surface area contributed by atoms with Crippen molar-refractivity contribution in [2.75, 3.05) is 17.3 Å².